The maximum atomic E-state index is 12.6. The Balaban J connectivity index is 1.60. The van der Waals surface area contributed by atoms with Crippen LogP contribution in [0.5, 0.6) is 5.88 Å². The monoisotopic (exact) mass is 541 g/mol. The van der Waals surface area contributed by atoms with Crippen LogP contribution in [0, 0.1) is 0 Å². The molecule has 2 atom stereocenters. The molecule has 10 nitrogen and oxygen atoms in total. The molecule has 0 aliphatic carbocycles. The Hall–Kier alpha value is -3.83. The lowest BCUT2D eigenvalue weighted by Gasteiger charge is -2.15. The number of hydrogen-bond donors (Lipinski definition) is 5. The van der Waals surface area contributed by atoms with Gasteiger partial charge < -0.3 is 15.7 Å². The molecule has 2 unspecified atom stereocenters. The van der Waals surface area contributed by atoms with Gasteiger partial charge in [-0.15, -0.1) is 0 Å². The number of halogens is 1. The van der Waals surface area contributed by atoms with E-state index < -0.39 is 34.3 Å². The predicted octanol–water partition coefficient (Wildman–Crippen LogP) is 3.25. The first kappa shape index (κ1) is 26.2. The molecule has 1 saturated heterocycles. The number of H-pyrrole nitrogens is 2. The van der Waals surface area contributed by atoms with E-state index in [-0.39, 0.29) is 29.0 Å². The molecular formula is C25H24ClN5O5S. The van der Waals surface area contributed by atoms with Crippen LogP contribution in [0.1, 0.15) is 48.9 Å². The Morgan fingerprint density at radius 2 is 1.70 bits per heavy atom. The van der Waals surface area contributed by atoms with Gasteiger partial charge in [-0.2, -0.15) is 0 Å². The van der Waals surface area contributed by atoms with E-state index in [9.17, 15) is 24.3 Å². The maximum absolute atomic E-state index is 12.6. The van der Waals surface area contributed by atoms with Crippen molar-refractivity contribution in [2.45, 2.75) is 37.5 Å². The highest BCUT2D eigenvalue weighted by atomic mass is 35.5. The molecule has 1 fully saturated rings. The first-order chi connectivity index (χ1) is 17.6. The molecule has 192 valence electrons. The fourth-order valence-electron chi connectivity index (χ4n) is 3.74. The van der Waals surface area contributed by atoms with Gasteiger partial charge in [-0.25, -0.2) is 9.79 Å². The van der Waals surface area contributed by atoms with Gasteiger partial charge in [0.15, 0.2) is 5.17 Å². The van der Waals surface area contributed by atoms with E-state index in [1.165, 1.54) is 0 Å². The van der Waals surface area contributed by atoms with Crippen LogP contribution in [0.25, 0.3) is 0 Å². The van der Waals surface area contributed by atoms with Gasteiger partial charge in [-0.05, 0) is 41.3 Å². The number of amides is 2. The number of carbonyl (C=O) groups excluding carboxylic acids is 2. The third-order valence-corrected chi connectivity index (χ3v) is 7.02. The molecule has 4 rings (SSSR count). The number of hydrogen-bond acceptors (Lipinski definition) is 7. The number of aromatic hydroxyl groups is 1. The number of benzene rings is 2. The van der Waals surface area contributed by atoms with Gasteiger partial charge in [0.05, 0.1) is 0 Å². The Kier molecular flexibility index (Phi) is 7.84. The van der Waals surface area contributed by atoms with Gasteiger partial charge in [0.2, 0.25) is 17.7 Å². The summed E-state index contributed by atoms with van der Waals surface area (Å²) in [4.78, 5) is 58.1. The number of carbonyl (C=O) groups is 2. The molecule has 2 aromatic carbocycles. The standard InChI is InChI=1S/C25H24ClN5O5S/c1-12(2)13-3-5-14(6-4-13)20(19-22(34)29-24(36)30-23(19)35)28-25-31-21(33)17(37-25)11-18(32)27-16-9-7-15(26)8-10-16/h3-10,12,17,20H,11H2,1-2H3,(H,27,32)(H,28,31,33)(H3,29,30,34,35,36). The van der Waals surface area contributed by atoms with Crippen LogP contribution in [-0.4, -0.2) is 37.3 Å². The van der Waals surface area contributed by atoms with Crippen LogP contribution < -0.4 is 21.9 Å². The quantitative estimate of drug-likeness (QED) is 0.309. The first-order valence-electron chi connectivity index (χ1n) is 11.4. The van der Waals surface area contributed by atoms with Crippen LogP contribution in [0.2, 0.25) is 5.02 Å². The van der Waals surface area contributed by atoms with Crippen LogP contribution >= 0.6 is 23.4 Å². The second kappa shape index (κ2) is 11.1. The zero-order chi connectivity index (χ0) is 26.7. The Bertz CT molecular complexity index is 1460. The molecule has 1 aliphatic rings. The second-order valence-corrected chi connectivity index (χ2v) is 10.3. The minimum absolute atomic E-state index is 0.115. The largest absolute Gasteiger partial charge is 0.494 e. The fraction of sp³-hybridized carbons (Fsp3) is 0.240. The lowest BCUT2D eigenvalue weighted by molar-refractivity contribution is -0.122. The van der Waals surface area contributed by atoms with Crippen molar-refractivity contribution in [3.05, 3.63) is 91.1 Å². The number of anilines is 1. The number of nitrogens with one attached hydrogen (secondary N) is 4. The van der Waals surface area contributed by atoms with Crippen molar-refractivity contribution in [2.75, 3.05) is 5.32 Å². The third kappa shape index (κ3) is 6.30. The Morgan fingerprint density at radius 1 is 1.05 bits per heavy atom. The second-order valence-electron chi connectivity index (χ2n) is 8.68. The lowest BCUT2D eigenvalue weighted by atomic mass is 9.96. The molecule has 37 heavy (non-hydrogen) atoms. The van der Waals surface area contributed by atoms with Crippen LogP contribution in [0.3, 0.4) is 0 Å². The van der Waals surface area contributed by atoms with Crippen LogP contribution in [0.15, 0.2) is 63.1 Å². The summed E-state index contributed by atoms with van der Waals surface area (Å²) in [6, 6.07) is 12.9. The normalized spacial score (nSPS) is 17.1. The number of rotatable bonds is 7. The highest BCUT2D eigenvalue weighted by Gasteiger charge is 2.34. The molecule has 1 aromatic heterocycles. The fourth-order valence-corrected chi connectivity index (χ4v) is 4.86. The first-order valence-corrected chi connectivity index (χ1v) is 12.6. The number of aliphatic imine (C=N–C) groups is 1. The molecule has 1 aliphatic heterocycles. The maximum Gasteiger partial charge on any atom is 0.328 e. The van der Waals surface area contributed by atoms with Crippen molar-refractivity contribution in [1.82, 2.24) is 15.3 Å². The molecular weight excluding hydrogens is 518 g/mol. The summed E-state index contributed by atoms with van der Waals surface area (Å²) < 4.78 is 0. The number of nitrogens with zero attached hydrogens (tertiary/aromatic N) is 1. The molecule has 0 radical (unpaired) electrons. The zero-order valence-electron chi connectivity index (χ0n) is 19.9. The number of aromatic nitrogens is 2. The van der Waals surface area contributed by atoms with E-state index in [1.807, 2.05) is 26.0 Å². The smallest absolute Gasteiger partial charge is 0.328 e. The third-order valence-electron chi connectivity index (χ3n) is 5.67. The topological polar surface area (TPSA) is 157 Å². The molecule has 0 spiro atoms. The van der Waals surface area contributed by atoms with E-state index in [0.717, 1.165) is 17.3 Å². The van der Waals surface area contributed by atoms with Crippen molar-refractivity contribution in [2.24, 2.45) is 4.99 Å². The van der Waals surface area contributed by atoms with Gasteiger partial charge in [0.1, 0.15) is 16.9 Å². The minimum Gasteiger partial charge on any atom is -0.494 e. The number of aromatic amines is 2. The Morgan fingerprint density at radius 3 is 2.32 bits per heavy atom. The summed E-state index contributed by atoms with van der Waals surface area (Å²) >= 11 is 6.91. The molecule has 0 bridgehead atoms. The SMILES string of the molecule is CC(C)c1ccc(C(N=C2NC(=O)C(CC(=O)Nc3ccc(Cl)cc3)S2)c2c(O)[nH]c(=O)[nH]c2=O)cc1. The summed E-state index contributed by atoms with van der Waals surface area (Å²) in [6.07, 6.45) is -0.115. The predicted molar refractivity (Wildman–Crippen MR) is 143 cm³/mol. The summed E-state index contributed by atoms with van der Waals surface area (Å²) in [6.45, 7) is 4.08. The highest BCUT2D eigenvalue weighted by Crippen LogP contribution is 2.32. The van der Waals surface area contributed by atoms with Gasteiger partial charge in [-0.3, -0.25) is 24.4 Å². The average Bonchev–Trinajstić information content (AvgIpc) is 3.17. The molecule has 0 saturated carbocycles. The van der Waals surface area contributed by atoms with Crippen molar-refractivity contribution >= 4 is 46.0 Å². The zero-order valence-corrected chi connectivity index (χ0v) is 21.4. The van der Waals surface area contributed by atoms with Gasteiger partial charge in [-0.1, -0.05) is 61.5 Å². The number of amidine groups is 1. The van der Waals surface area contributed by atoms with Crippen LogP contribution in [0.4, 0.5) is 5.69 Å². The lowest BCUT2D eigenvalue weighted by Crippen LogP contribution is -2.29. The molecule has 2 amide bonds. The summed E-state index contributed by atoms with van der Waals surface area (Å²) in [5.41, 5.74) is 0.320. The highest BCUT2D eigenvalue weighted by molar-refractivity contribution is 8.15. The van der Waals surface area contributed by atoms with Crippen molar-refractivity contribution in [1.29, 1.82) is 0 Å². The van der Waals surface area contributed by atoms with Gasteiger partial charge in [0, 0.05) is 17.1 Å². The molecule has 2 heterocycles. The van der Waals surface area contributed by atoms with E-state index >= 15 is 0 Å². The van der Waals surface area contributed by atoms with E-state index in [4.69, 9.17) is 11.6 Å². The van der Waals surface area contributed by atoms with Gasteiger partial charge in [0.25, 0.3) is 5.56 Å². The minimum atomic E-state index is -1.04. The van der Waals surface area contributed by atoms with Crippen LogP contribution in [-0.2, 0) is 9.59 Å². The van der Waals surface area contributed by atoms with Crippen molar-refractivity contribution in [3.8, 4) is 5.88 Å². The van der Waals surface area contributed by atoms with Crippen molar-refractivity contribution in [3.63, 3.8) is 0 Å². The molecule has 12 heteroatoms. The molecule has 5 N–H and O–H groups in total. The average molecular weight is 542 g/mol. The summed E-state index contributed by atoms with van der Waals surface area (Å²) in [5, 5.41) is 15.7. The van der Waals surface area contributed by atoms with E-state index in [1.54, 1.807) is 36.4 Å². The summed E-state index contributed by atoms with van der Waals surface area (Å²) in [7, 11) is 0. The van der Waals surface area contributed by atoms with Crippen molar-refractivity contribution < 1.29 is 14.7 Å². The van der Waals surface area contributed by atoms with E-state index in [0.29, 0.717) is 16.3 Å². The Labute approximate surface area is 220 Å². The van der Waals surface area contributed by atoms with E-state index in [2.05, 4.69) is 25.6 Å². The van der Waals surface area contributed by atoms with Gasteiger partial charge >= 0.3 is 5.69 Å². The summed E-state index contributed by atoms with van der Waals surface area (Å²) in [5.74, 6) is -1.13. The number of thioether (sulfide) groups is 1. The molecule has 3 aromatic rings.